The van der Waals surface area contributed by atoms with Gasteiger partial charge in [-0.25, -0.2) is 19.5 Å². The lowest BCUT2D eigenvalue weighted by Gasteiger charge is -2.16. The van der Waals surface area contributed by atoms with Crippen LogP contribution >= 0.6 is 0 Å². The van der Waals surface area contributed by atoms with Gasteiger partial charge < -0.3 is 31.0 Å². The highest BCUT2D eigenvalue weighted by atomic mass is 19.4. The molecule has 1 aromatic carbocycles. The minimum absolute atomic E-state index is 0.0215. The number of nitrogens with one attached hydrogen (secondary N) is 3. The molecule has 12 nitrogen and oxygen atoms in total. The first-order chi connectivity index (χ1) is 19.1. The van der Waals surface area contributed by atoms with Crippen LogP contribution in [0.3, 0.4) is 0 Å². The summed E-state index contributed by atoms with van der Waals surface area (Å²) < 4.78 is 44.6. The Labute approximate surface area is 225 Å². The van der Waals surface area contributed by atoms with E-state index < -0.39 is 18.6 Å². The van der Waals surface area contributed by atoms with E-state index in [9.17, 15) is 18.0 Å². The number of likely N-dealkylation sites (N-methyl/N-ethyl adjacent to an activating group) is 1. The highest BCUT2D eigenvalue weighted by Gasteiger charge is 2.29. The van der Waals surface area contributed by atoms with Crippen molar-refractivity contribution in [2.45, 2.75) is 6.18 Å². The Morgan fingerprint density at radius 1 is 1.18 bits per heavy atom. The maximum atomic E-state index is 12.7. The lowest BCUT2D eigenvalue weighted by atomic mass is 10.0. The molecule has 0 aliphatic carbocycles. The summed E-state index contributed by atoms with van der Waals surface area (Å²) in [4.78, 5) is 30.9. The molecule has 0 saturated carbocycles. The molecule has 0 radical (unpaired) electrons. The van der Waals surface area contributed by atoms with E-state index in [4.69, 9.17) is 10.5 Å². The number of aromatic nitrogens is 6. The molecule has 5 rings (SSSR count). The lowest BCUT2D eigenvalue weighted by Crippen LogP contribution is -2.33. The number of carbonyl (C=O) groups is 1. The number of ether oxygens (including phenoxy) is 1. The second-order valence-electron chi connectivity index (χ2n) is 8.89. The first-order valence-corrected chi connectivity index (χ1v) is 12.0. The number of rotatable bonds is 9. The van der Waals surface area contributed by atoms with E-state index in [0.29, 0.717) is 52.6 Å². The number of hydrogen-bond acceptors (Lipinski definition) is 9. The smallest absolute Gasteiger partial charge is 0.383 e. The molecule has 0 atom stereocenters. The van der Waals surface area contributed by atoms with Crippen LogP contribution in [0.25, 0.3) is 27.8 Å². The van der Waals surface area contributed by atoms with Crippen LogP contribution in [-0.4, -0.2) is 75.5 Å². The molecule has 0 bridgehead atoms. The molecular weight excluding hydrogens is 529 g/mol. The number of hydrogen-bond donors (Lipinski definition) is 4. The Balaban J connectivity index is 1.41. The standard InChI is InChI=1S/C25H25F3N10O2/c1-37(9-10-40-2)18-8-7-17-22(35-18)36-24(34-17)33-15-5-3-14(4-6-15)19-16(23(39)30-12-25(26,27)28)11-38-20(19)21(29)31-13-32-38/h3-8,11,13H,9-10,12H2,1-2H3,(H,30,39)(H2,29,31,32)(H2,33,34,35,36). The number of methoxy groups -OCH3 is 1. The number of fused-ring (bicyclic) bond motifs is 2. The fourth-order valence-electron chi connectivity index (χ4n) is 4.13. The molecule has 0 spiro atoms. The maximum Gasteiger partial charge on any atom is 0.405 e. The number of alkyl halides is 3. The third kappa shape index (κ3) is 5.58. The van der Waals surface area contributed by atoms with Crippen molar-refractivity contribution < 1.29 is 22.7 Å². The molecule has 0 aliphatic heterocycles. The topological polar surface area (TPSA) is 151 Å². The first-order valence-electron chi connectivity index (χ1n) is 12.0. The second-order valence-corrected chi connectivity index (χ2v) is 8.89. The predicted molar refractivity (Wildman–Crippen MR) is 144 cm³/mol. The number of pyridine rings is 1. The highest BCUT2D eigenvalue weighted by molar-refractivity contribution is 6.07. The van der Waals surface area contributed by atoms with E-state index in [0.717, 1.165) is 5.82 Å². The van der Waals surface area contributed by atoms with Gasteiger partial charge in [0.1, 0.15) is 29.7 Å². The van der Waals surface area contributed by atoms with Crippen molar-refractivity contribution in [2.24, 2.45) is 0 Å². The number of anilines is 4. The van der Waals surface area contributed by atoms with Gasteiger partial charge in [-0.2, -0.15) is 18.3 Å². The molecule has 40 heavy (non-hydrogen) atoms. The normalized spacial score (nSPS) is 11.7. The molecule has 4 heterocycles. The SMILES string of the molecule is COCCN(C)c1ccc2nc(Nc3ccc(-c4c(C(=O)NCC(F)(F)F)cn5ncnc(N)c45)cc3)[nH]c2n1. The maximum absolute atomic E-state index is 12.7. The van der Waals surface area contributed by atoms with Crippen molar-refractivity contribution in [3.05, 3.63) is 54.5 Å². The van der Waals surface area contributed by atoms with Crippen molar-refractivity contribution in [1.82, 2.24) is 34.9 Å². The quantitative estimate of drug-likeness (QED) is 0.215. The Morgan fingerprint density at radius 2 is 1.95 bits per heavy atom. The number of nitrogen functional groups attached to an aromatic ring is 1. The van der Waals surface area contributed by atoms with Gasteiger partial charge in [0.2, 0.25) is 5.95 Å². The van der Waals surface area contributed by atoms with E-state index in [1.54, 1.807) is 31.4 Å². The molecule has 208 valence electrons. The summed E-state index contributed by atoms with van der Waals surface area (Å²) in [5.74, 6) is 0.388. The third-order valence-corrected chi connectivity index (χ3v) is 6.08. The van der Waals surface area contributed by atoms with Gasteiger partial charge >= 0.3 is 6.18 Å². The van der Waals surface area contributed by atoms with Gasteiger partial charge in [-0.3, -0.25) is 4.79 Å². The van der Waals surface area contributed by atoms with Crippen LogP contribution in [0.5, 0.6) is 0 Å². The molecule has 4 aromatic heterocycles. The zero-order chi connectivity index (χ0) is 28.4. The van der Waals surface area contributed by atoms with E-state index in [1.807, 2.05) is 29.4 Å². The number of H-pyrrole nitrogens is 1. The average molecular weight is 555 g/mol. The Kier molecular flexibility index (Phi) is 7.13. The van der Waals surface area contributed by atoms with Gasteiger partial charge in [-0.1, -0.05) is 12.1 Å². The second kappa shape index (κ2) is 10.7. The van der Waals surface area contributed by atoms with Crippen LogP contribution in [0.15, 0.2) is 48.9 Å². The van der Waals surface area contributed by atoms with Gasteiger partial charge in [0.25, 0.3) is 5.91 Å². The Bertz CT molecular complexity index is 1660. The number of nitrogens with zero attached hydrogens (tertiary/aromatic N) is 6. The number of nitrogens with two attached hydrogens (primary N) is 1. The largest absolute Gasteiger partial charge is 0.405 e. The molecule has 0 fully saturated rings. The van der Waals surface area contributed by atoms with Crippen LogP contribution in [0, 0.1) is 0 Å². The van der Waals surface area contributed by atoms with Crippen molar-refractivity contribution >= 4 is 45.9 Å². The molecule has 5 N–H and O–H groups in total. The number of amides is 1. The van der Waals surface area contributed by atoms with Crippen molar-refractivity contribution in [2.75, 3.05) is 49.8 Å². The number of aromatic amines is 1. The van der Waals surface area contributed by atoms with Crippen LogP contribution in [-0.2, 0) is 4.74 Å². The summed E-state index contributed by atoms with van der Waals surface area (Å²) in [5.41, 5.74) is 9.11. The summed E-state index contributed by atoms with van der Waals surface area (Å²) in [6.07, 6.45) is -2.04. The fraction of sp³-hybridized carbons (Fsp3) is 0.240. The number of benzene rings is 1. The van der Waals surface area contributed by atoms with Gasteiger partial charge in [-0.05, 0) is 29.8 Å². The summed E-state index contributed by atoms with van der Waals surface area (Å²) in [5, 5.41) is 9.12. The number of carbonyl (C=O) groups excluding carboxylic acids is 1. The molecule has 0 aliphatic rings. The monoisotopic (exact) mass is 554 g/mol. The summed E-state index contributed by atoms with van der Waals surface area (Å²) in [6, 6.07) is 10.6. The minimum atomic E-state index is -4.56. The van der Waals surface area contributed by atoms with Crippen LogP contribution in [0.2, 0.25) is 0 Å². The van der Waals surface area contributed by atoms with E-state index >= 15 is 0 Å². The molecule has 5 aromatic rings. The third-order valence-electron chi connectivity index (χ3n) is 6.08. The van der Waals surface area contributed by atoms with Crippen LogP contribution in [0.4, 0.5) is 36.4 Å². The summed E-state index contributed by atoms with van der Waals surface area (Å²) >= 11 is 0. The van der Waals surface area contributed by atoms with Gasteiger partial charge in [0.05, 0.1) is 12.2 Å². The lowest BCUT2D eigenvalue weighted by molar-refractivity contribution is -0.123. The van der Waals surface area contributed by atoms with Crippen LogP contribution < -0.4 is 21.3 Å². The van der Waals surface area contributed by atoms with Gasteiger partial charge in [0.15, 0.2) is 11.5 Å². The van der Waals surface area contributed by atoms with Crippen molar-refractivity contribution in [1.29, 1.82) is 0 Å². The Hall–Kier alpha value is -4.92. The first kappa shape index (κ1) is 26.7. The number of halogens is 3. The zero-order valence-electron chi connectivity index (χ0n) is 21.5. The minimum Gasteiger partial charge on any atom is -0.383 e. The van der Waals surface area contributed by atoms with Gasteiger partial charge in [0, 0.05) is 38.1 Å². The van der Waals surface area contributed by atoms with E-state index in [1.165, 1.54) is 17.0 Å². The van der Waals surface area contributed by atoms with E-state index in [-0.39, 0.29) is 11.4 Å². The van der Waals surface area contributed by atoms with Crippen LogP contribution in [0.1, 0.15) is 10.4 Å². The molecule has 0 unspecified atom stereocenters. The summed E-state index contributed by atoms with van der Waals surface area (Å²) in [7, 11) is 3.56. The van der Waals surface area contributed by atoms with Crippen molar-refractivity contribution in [3.63, 3.8) is 0 Å². The predicted octanol–water partition coefficient (Wildman–Crippen LogP) is 3.37. The van der Waals surface area contributed by atoms with Gasteiger partial charge in [-0.15, -0.1) is 0 Å². The number of imidazole rings is 1. The fourth-order valence-corrected chi connectivity index (χ4v) is 4.13. The Morgan fingerprint density at radius 3 is 2.67 bits per heavy atom. The van der Waals surface area contributed by atoms with E-state index in [2.05, 4.69) is 30.4 Å². The zero-order valence-corrected chi connectivity index (χ0v) is 21.5. The average Bonchev–Trinajstić information content (AvgIpc) is 3.52. The highest BCUT2D eigenvalue weighted by Crippen LogP contribution is 2.33. The summed E-state index contributed by atoms with van der Waals surface area (Å²) in [6.45, 7) is -0.222. The molecule has 1 amide bonds. The molecule has 15 heteroatoms. The van der Waals surface area contributed by atoms with Crippen molar-refractivity contribution in [3.8, 4) is 11.1 Å². The molecule has 0 saturated heterocycles. The molecular formula is C25H25F3N10O2.